The molecule has 8 heteroatoms. The van der Waals surface area contributed by atoms with Gasteiger partial charge in [-0.15, -0.1) is 10.2 Å². The van der Waals surface area contributed by atoms with Crippen LogP contribution in [0.5, 0.6) is 0 Å². The summed E-state index contributed by atoms with van der Waals surface area (Å²) < 4.78 is 2.04. The van der Waals surface area contributed by atoms with Crippen molar-refractivity contribution < 1.29 is 4.92 Å². The average molecular weight is 353 g/mol. The van der Waals surface area contributed by atoms with E-state index in [1.54, 1.807) is 23.9 Å². The molecule has 0 N–H and O–H groups in total. The summed E-state index contributed by atoms with van der Waals surface area (Å²) in [4.78, 5) is 12.7. The van der Waals surface area contributed by atoms with Gasteiger partial charge in [-0.2, -0.15) is 0 Å². The molecule has 126 valence electrons. The minimum absolute atomic E-state index is 0.0674. The Morgan fingerprint density at radius 2 is 1.80 bits per heavy atom. The number of aryl methyl sites for hydroxylation is 1. The monoisotopic (exact) mass is 353 g/mol. The van der Waals surface area contributed by atoms with Crippen LogP contribution in [0.25, 0.3) is 11.4 Å². The first-order valence-electron chi connectivity index (χ1n) is 7.74. The fraction of sp³-hybridized carbons (Fsp3) is 0.176. The van der Waals surface area contributed by atoms with Crippen LogP contribution in [0.2, 0.25) is 0 Å². The molecule has 0 spiro atoms. The number of anilines is 1. The van der Waals surface area contributed by atoms with Gasteiger partial charge in [-0.1, -0.05) is 29.5 Å². The molecule has 0 bridgehead atoms. The Bertz CT molecular complexity index is 921. The SMILES string of the molecule is Cc1ccc(N2CSc3nnc(-c4ccc([N+](=O)[O-])cc4)n3C2)cc1. The van der Waals surface area contributed by atoms with E-state index in [9.17, 15) is 10.1 Å². The molecule has 1 aliphatic heterocycles. The number of benzene rings is 2. The van der Waals surface area contributed by atoms with Gasteiger partial charge in [0.05, 0.1) is 17.5 Å². The van der Waals surface area contributed by atoms with Gasteiger partial charge in [0, 0.05) is 23.4 Å². The second-order valence-corrected chi connectivity index (χ2v) is 6.74. The highest BCUT2D eigenvalue weighted by Gasteiger charge is 2.23. The second-order valence-electron chi connectivity index (χ2n) is 5.83. The standard InChI is InChI=1S/C17H15N5O2S/c1-12-2-6-14(7-3-12)20-10-21-16(18-19-17(21)25-11-20)13-4-8-15(9-5-13)22(23)24/h2-9H,10-11H2,1H3. The van der Waals surface area contributed by atoms with Gasteiger partial charge in [-0.3, -0.25) is 14.7 Å². The molecule has 1 aliphatic rings. The van der Waals surface area contributed by atoms with Crippen LogP contribution in [0, 0.1) is 17.0 Å². The van der Waals surface area contributed by atoms with Crippen LogP contribution in [-0.2, 0) is 6.67 Å². The second kappa shape index (κ2) is 6.21. The largest absolute Gasteiger partial charge is 0.344 e. The summed E-state index contributed by atoms with van der Waals surface area (Å²) >= 11 is 1.63. The first-order chi connectivity index (χ1) is 12.1. The number of hydrogen-bond acceptors (Lipinski definition) is 6. The van der Waals surface area contributed by atoms with Crippen molar-refractivity contribution in [2.75, 3.05) is 10.8 Å². The third kappa shape index (κ3) is 2.96. The van der Waals surface area contributed by atoms with Crippen molar-refractivity contribution in [1.29, 1.82) is 0 Å². The Labute approximate surface area is 148 Å². The van der Waals surface area contributed by atoms with Crippen LogP contribution in [-0.4, -0.2) is 25.6 Å². The van der Waals surface area contributed by atoms with Crippen molar-refractivity contribution in [2.24, 2.45) is 0 Å². The molecule has 0 saturated carbocycles. The Balaban J connectivity index is 1.65. The molecule has 0 amide bonds. The lowest BCUT2D eigenvalue weighted by Crippen LogP contribution is -2.30. The number of nitrogens with zero attached hydrogens (tertiary/aromatic N) is 5. The Hall–Kier alpha value is -2.87. The molecule has 3 aromatic rings. The number of aromatic nitrogens is 3. The molecule has 0 radical (unpaired) electrons. The van der Waals surface area contributed by atoms with Crippen molar-refractivity contribution in [3.05, 3.63) is 64.2 Å². The van der Waals surface area contributed by atoms with Crippen LogP contribution in [0.4, 0.5) is 11.4 Å². The van der Waals surface area contributed by atoms with Crippen LogP contribution in [0.1, 0.15) is 5.56 Å². The molecule has 0 fully saturated rings. The highest BCUT2D eigenvalue weighted by atomic mass is 32.2. The Morgan fingerprint density at radius 3 is 2.48 bits per heavy atom. The Kier molecular flexibility index (Phi) is 3.89. The van der Waals surface area contributed by atoms with Crippen LogP contribution in [0.15, 0.2) is 53.7 Å². The van der Waals surface area contributed by atoms with Gasteiger partial charge < -0.3 is 4.90 Å². The number of hydrogen-bond donors (Lipinski definition) is 0. The fourth-order valence-electron chi connectivity index (χ4n) is 2.73. The molecule has 0 aliphatic carbocycles. The van der Waals surface area contributed by atoms with E-state index in [2.05, 4.69) is 46.3 Å². The van der Waals surface area contributed by atoms with Gasteiger partial charge in [-0.05, 0) is 31.2 Å². The first-order valence-corrected chi connectivity index (χ1v) is 8.73. The molecule has 0 unspecified atom stereocenters. The summed E-state index contributed by atoms with van der Waals surface area (Å²) in [5, 5.41) is 20.2. The van der Waals surface area contributed by atoms with Gasteiger partial charge in [0.25, 0.3) is 5.69 Å². The van der Waals surface area contributed by atoms with E-state index in [0.29, 0.717) is 12.5 Å². The summed E-state index contributed by atoms with van der Waals surface area (Å²) in [5.41, 5.74) is 3.26. The summed E-state index contributed by atoms with van der Waals surface area (Å²) in [6.45, 7) is 2.71. The molecule has 2 aromatic carbocycles. The molecular formula is C17H15N5O2S. The number of fused-ring (bicyclic) bond motifs is 1. The predicted octanol–water partition coefficient (Wildman–Crippen LogP) is 3.69. The lowest BCUT2D eigenvalue weighted by Gasteiger charge is -2.29. The molecule has 7 nitrogen and oxygen atoms in total. The fourth-order valence-corrected chi connectivity index (χ4v) is 3.63. The molecule has 0 atom stereocenters. The van der Waals surface area contributed by atoms with Gasteiger partial charge in [-0.25, -0.2) is 0 Å². The highest BCUT2D eigenvalue weighted by Crippen LogP contribution is 2.32. The van der Waals surface area contributed by atoms with Gasteiger partial charge in [0.1, 0.15) is 0 Å². The lowest BCUT2D eigenvalue weighted by molar-refractivity contribution is -0.384. The summed E-state index contributed by atoms with van der Waals surface area (Å²) in [5.74, 6) is 1.52. The summed E-state index contributed by atoms with van der Waals surface area (Å²) in [6.07, 6.45) is 0. The van der Waals surface area contributed by atoms with Crippen LogP contribution in [0.3, 0.4) is 0 Å². The van der Waals surface area contributed by atoms with Crippen molar-refractivity contribution in [1.82, 2.24) is 14.8 Å². The van der Waals surface area contributed by atoms with Gasteiger partial charge in [0.15, 0.2) is 11.0 Å². The molecular weight excluding hydrogens is 338 g/mol. The molecule has 2 heterocycles. The quantitative estimate of drug-likeness (QED) is 0.528. The average Bonchev–Trinajstić information content (AvgIpc) is 3.05. The maximum atomic E-state index is 10.8. The third-order valence-corrected chi connectivity index (χ3v) is 5.11. The third-order valence-electron chi connectivity index (χ3n) is 4.11. The van der Waals surface area contributed by atoms with E-state index in [1.165, 1.54) is 17.7 Å². The van der Waals surface area contributed by atoms with Crippen molar-refractivity contribution >= 4 is 23.1 Å². The highest BCUT2D eigenvalue weighted by molar-refractivity contribution is 7.99. The predicted molar refractivity (Wildman–Crippen MR) is 96.5 cm³/mol. The number of nitro groups is 1. The summed E-state index contributed by atoms with van der Waals surface area (Å²) in [7, 11) is 0. The smallest absolute Gasteiger partial charge is 0.269 e. The van der Waals surface area contributed by atoms with E-state index in [0.717, 1.165) is 22.3 Å². The van der Waals surface area contributed by atoms with E-state index in [4.69, 9.17) is 0 Å². The van der Waals surface area contributed by atoms with E-state index >= 15 is 0 Å². The zero-order valence-electron chi connectivity index (χ0n) is 13.5. The Morgan fingerprint density at radius 1 is 1.08 bits per heavy atom. The van der Waals surface area contributed by atoms with Crippen molar-refractivity contribution in [2.45, 2.75) is 18.7 Å². The number of nitro benzene ring substituents is 1. The van der Waals surface area contributed by atoms with E-state index in [1.807, 2.05) is 4.57 Å². The zero-order chi connectivity index (χ0) is 17.4. The van der Waals surface area contributed by atoms with Crippen LogP contribution < -0.4 is 4.90 Å². The first kappa shape index (κ1) is 15.6. The number of rotatable bonds is 3. The summed E-state index contributed by atoms with van der Waals surface area (Å²) in [6, 6.07) is 14.8. The molecule has 0 saturated heterocycles. The van der Waals surface area contributed by atoms with Gasteiger partial charge in [0.2, 0.25) is 0 Å². The van der Waals surface area contributed by atoms with Crippen molar-refractivity contribution in [3.8, 4) is 11.4 Å². The minimum atomic E-state index is -0.405. The molecule has 4 rings (SSSR count). The zero-order valence-corrected chi connectivity index (χ0v) is 14.3. The maximum absolute atomic E-state index is 10.8. The number of non-ortho nitro benzene ring substituents is 1. The normalized spacial score (nSPS) is 13.6. The van der Waals surface area contributed by atoms with E-state index < -0.39 is 4.92 Å². The molecule has 25 heavy (non-hydrogen) atoms. The molecule has 1 aromatic heterocycles. The van der Waals surface area contributed by atoms with Gasteiger partial charge >= 0.3 is 0 Å². The lowest BCUT2D eigenvalue weighted by atomic mass is 10.2. The maximum Gasteiger partial charge on any atom is 0.269 e. The van der Waals surface area contributed by atoms with Crippen molar-refractivity contribution in [3.63, 3.8) is 0 Å². The minimum Gasteiger partial charge on any atom is -0.344 e. The topological polar surface area (TPSA) is 77.1 Å². The van der Waals surface area contributed by atoms with Crippen LogP contribution >= 0.6 is 11.8 Å². The number of thioether (sulfide) groups is 1. The van der Waals surface area contributed by atoms with E-state index in [-0.39, 0.29) is 5.69 Å².